The first kappa shape index (κ1) is 12.8. The van der Waals surface area contributed by atoms with Crippen molar-refractivity contribution in [1.82, 2.24) is 0 Å². The van der Waals surface area contributed by atoms with Gasteiger partial charge in [-0.15, -0.1) is 0 Å². The predicted molar refractivity (Wildman–Crippen MR) is 50.0 cm³/mol. The Morgan fingerprint density at radius 1 is 1.50 bits per heavy atom. The van der Waals surface area contributed by atoms with Gasteiger partial charge in [-0.05, 0) is 5.41 Å². The molecule has 0 aromatic heterocycles. The molecule has 0 rings (SSSR count). The van der Waals surface area contributed by atoms with E-state index in [9.17, 15) is 14.5 Å². The van der Waals surface area contributed by atoms with Crippen molar-refractivity contribution in [2.45, 2.75) is 27.2 Å². The van der Waals surface area contributed by atoms with Crippen LogP contribution in [-0.2, 0) is 0 Å². The van der Waals surface area contributed by atoms with Crippen LogP contribution in [0.5, 0.6) is 0 Å². The highest BCUT2D eigenvalue weighted by atomic mass is 19.1. The molecular formula is C9H15FN2O2. The van der Waals surface area contributed by atoms with Gasteiger partial charge in [-0.25, -0.2) is 0 Å². The van der Waals surface area contributed by atoms with Crippen molar-refractivity contribution in [3.63, 3.8) is 0 Å². The van der Waals surface area contributed by atoms with E-state index < -0.39 is 29.0 Å². The van der Waals surface area contributed by atoms with Crippen LogP contribution < -0.4 is 0 Å². The van der Waals surface area contributed by atoms with Crippen LogP contribution >= 0.6 is 0 Å². The van der Waals surface area contributed by atoms with Gasteiger partial charge in [0.05, 0.1) is 17.9 Å². The molecule has 1 atom stereocenters. The lowest BCUT2D eigenvalue weighted by molar-refractivity contribution is -0.502. The van der Waals surface area contributed by atoms with Gasteiger partial charge in [0.1, 0.15) is 6.67 Å². The molecule has 0 aromatic rings. The summed E-state index contributed by atoms with van der Waals surface area (Å²) >= 11 is 0. The topological polar surface area (TPSA) is 66.9 Å². The molecule has 0 spiro atoms. The molecule has 5 heteroatoms. The van der Waals surface area contributed by atoms with Gasteiger partial charge in [0, 0.05) is 4.92 Å². The summed E-state index contributed by atoms with van der Waals surface area (Å²) in [5.74, 6) is 0. The molecule has 0 radical (unpaired) electrons. The molecule has 0 aliphatic heterocycles. The lowest BCUT2D eigenvalue weighted by Crippen LogP contribution is -2.43. The SMILES string of the molecule is CC(C)(C)C(CF)(CC#N)C[N+](=O)[O-]. The molecule has 0 saturated heterocycles. The highest BCUT2D eigenvalue weighted by Crippen LogP contribution is 2.42. The monoisotopic (exact) mass is 202 g/mol. The molecule has 0 saturated carbocycles. The summed E-state index contributed by atoms with van der Waals surface area (Å²) in [6, 6.07) is 1.83. The smallest absolute Gasteiger partial charge is 0.213 e. The van der Waals surface area contributed by atoms with Crippen LogP contribution in [0.2, 0.25) is 0 Å². The van der Waals surface area contributed by atoms with E-state index >= 15 is 0 Å². The Balaban J connectivity index is 5.00. The summed E-state index contributed by atoms with van der Waals surface area (Å²) < 4.78 is 12.9. The first-order valence-corrected chi connectivity index (χ1v) is 4.34. The summed E-state index contributed by atoms with van der Waals surface area (Å²) in [5.41, 5.74) is -1.77. The summed E-state index contributed by atoms with van der Waals surface area (Å²) in [5, 5.41) is 19.0. The normalized spacial score (nSPS) is 15.6. The molecule has 1 unspecified atom stereocenters. The summed E-state index contributed by atoms with van der Waals surface area (Å²) in [7, 11) is 0. The zero-order valence-electron chi connectivity index (χ0n) is 8.71. The van der Waals surface area contributed by atoms with Gasteiger partial charge >= 0.3 is 0 Å². The lowest BCUT2D eigenvalue weighted by Gasteiger charge is -2.37. The number of hydrogen-bond donors (Lipinski definition) is 0. The van der Waals surface area contributed by atoms with E-state index in [-0.39, 0.29) is 6.42 Å². The van der Waals surface area contributed by atoms with Gasteiger partial charge in [-0.1, -0.05) is 20.8 Å². The zero-order valence-corrected chi connectivity index (χ0v) is 8.71. The largest absolute Gasteiger partial charge is 0.265 e. The van der Waals surface area contributed by atoms with Crippen molar-refractivity contribution in [3.8, 4) is 6.07 Å². The fraction of sp³-hybridized carbons (Fsp3) is 0.889. The second-order valence-corrected chi connectivity index (χ2v) is 4.49. The molecule has 0 fully saturated rings. The quantitative estimate of drug-likeness (QED) is 0.518. The second kappa shape index (κ2) is 4.36. The van der Waals surface area contributed by atoms with Crippen molar-refractivity contribution in [2.75, 3.05) is 13.2 Å². The third-order valence-electron chi connectivity index (χ3n) is 2.70. The Bertz CT molecular complexity index is 255. The Kier molecular flexibility index (Phi) is 3.99. The predicted octanol–water partition coefficient (Wildman–Crippen LogP) is 2.18. The minimum absolute atomic E-state index is 0.131. The number of nitriles is 1. The number of nitrogens with zero attached hydrogens (tertiary/aromatic N) is 2. The van der Waals surface area contributed by atoms with E-state index in [1.54, 1.807) is 20.8 Å². The van der Waals surface area contributed by atoms with Crippen LogP contribution in [0.25, 0.3) is 0 Å². The molecule has 0 bridgehead atoms. The first-order chi connectivity index (χ1) is 6.29. The number of alkyl halides is 1. The van der Waals surface area contributed by atoms with Crippen LogP contribution in [0, 0.1) is 32.3 Å². The maximum absolute atomic E-state index is 12.9. The third kappa shape index (κ3) is 2.66. The van der Waals surface area contributed by atoms with Crippen molar-refractivity contribution in [1.29, 1.82) is 5.26 Å². The van der Waals surface area contributed by atoms with Crippen molar-refractivity contribution >= 4 is 0 Å². The van der Waals surface area contributed by atoms with Gasteiger partial charge in [-0.3, -0.25) is 14.5 Å². The molecular weight excluding hydrogens is 187 g/mol. The average Bonchev–Trinajstić information content (AvgIpc) is 2.00. The summed E-state index contributed by atoms with van der Waals surface area (Å²) in [6.45, 7) is 3.81. The maximum atomic E-state index is 12.9. The number of nitro groups is 1. The second-order valence-electron chi connectivity index (χ2n) is 4.49. The third-order valence-corrected chi connectivity index (χ3v) is 2.70. The van der Waals surface area contributed by atoms with Crippen molar-refractivity contribution < 1.29 is 9.31 Å². The Labute approximate surface area is 82.9 Å². The first-order valence-electron chi connectivity index (χ1n) is 4.34. The molecule has 14 heavy (non-hydrogen) atoms. The number of halogens is 1. The van der Waals surface area contributed by atoms with Crippen LogP contribution in [0.1, 0.15) is 27.2 Å². The molecule has 0 aromatic carbocycles. The summed E-state index contributed by atoms with van der Waals surface area (Å²) in [4.78, 5) is 9.87. The van der Waals surface area contributed by atoms with E-state index in [0.717, 1.165) is 0 Å². The minimum atomic E-state index is -1.18. The van der Waals surface area contributed by atoms with Crippen LogP contribution in [0.4, 0.5) is 4.39 Å². The summed E-state index contributed by atoms with van der Waals surface area (Å²) in [6.07, 6.45) is -0.131. The highest BCUT2D eigenvalue weighted by Gasteiger charge is 2.46. The van der Waals surface area contributed by atoms with E-state index in [4.69, 9.17) is 5.26 Å². The van der Waals surface area contributed by atoms with Crippen molar-refractivity contribution in [2.24, 2.45) is 10.8 Å². The van der Waals surface area contributed by atoms with Gasteiger partial charge < -0.3 is 0 Å². The molecule has 0 aliphatic carbocycles. The Morgan fingerprint density at radius 3 is 2.21 bits per heavy atom. The van der Waals surface area contributed by atoms with E-state index in [2.05, 4.69) is 0 Å². The lowest BCUT2D eigenvalue weighted by atomic mass is 9.65. The van der Waals surface area contributed by atoms with Crippen LogP contribution in [-0.4, -0.2) is 18.1 Å². The number of hydrogen-bond acceptors (Lipinski definition) is 3. The molecule has 0 amide bonds. The van der Waals surface area contributed by atoms with Gasteiger partial charge in [0.15, 0.2) is 0 Å². The van der Waals surface area contributed by atoms with Crippen LogP contribution in [0.15, 0.2) is 0 Å². The fourth-order valence-corrected chi connectivity index (χ4v) is 1.25. The average molecular weight is 202 g/mol. The van der Waals surface area contributed by atoms with E-state index in [1.807, 2.05) is 6.07 Å². The highest BCUT2D eigenvalue weighted by molar-refractivity contribution is 4.96. The van der Waals surface area contributed by atoms with Crippen molar-refractivity contribution in [3.05, 3.63) is 10.1 Å². The molecule has 0 heterocycles. The van der Waals surface area contributed by atoms with Crippen LogP contribution in [0.3, 0.4) is 0 Å². The van der Waals surface area contributed by atoms with Gasteiger partial charge in [0.2, 0.25) is 6.54 Å². The van der Waals surface area contributed by atoms with Gasteiger partial charge in [-0.2, -0.15) is 5.26 Å². The van der Waals surface area contributed by atoms with E-state index in [0.29, 0.717) is 0 Å². The molecule has 4 nitrogen and oxygen atoms in total. The Morgan fingerprint density at radius 2 is 2.00 bits per heavy atom. The van der Waals surface area contributed by atoms with Gasteiger partial charge in [0.25, 0.3) is 0 Å². The minimum Gasteiger partial charge on any atom is -0.265 e. The zero-order chi connectivity index (χ0) is 11.4. The standard InChI is InChI=1S/C9H15FN2O2/c1-8(2,3)9(6-10,4-5-11)7-12(13)14/h4,6-7H2,1-3H3. The molecule has 0 aliphatic rings. The molecule has 0 N–H and O–H groups in total. The molecule has 80 valence electrons. The number of rotatable bonds is 4. The Hall–Kier alpha value is -1.18. The maximum Gasteiger partial charge on any atom is 0.213 e. The fourth-order valence-electron chi connectivity index (χ4n) is 1.25. The van der Waals surface area contributed by atoms with E-state index in [1.165, 1.54) is 0 Å².